The van der Waals surface area contributed by atoms with Gasteiger partial charge >= 0.3 is 0 Å². The van der Waals surface area contributed by atoms with Crippen molar-refractivity contribution < 1.29 is 22.4 Å². The second-order valence-electron chi connectivity index (χ2n) is 8.34. The van der Waals surface area contributed by atoms with Crippen LogP contribution in [0.25, 0.3) is 5.78 Å². The summed E-state index contributed by atoms with van der Waals surface area (Å²) in [5, 5.41) is 4.05. The van der Waals surface area contributed by atoms with Gasteiger partial charge in [0.2, 0.25) is 0 Å². The van der Waals surface area contributed by atoms with Gasteiger partial charge in [0.15, 0.2) is 11.6 Å². The molecule has 0 N–H and O–H groups in total. The Hall–Kier alpha value is -3.04. The van der Waals surface area contributed by atoms with E-state index in [-0.39, 0.29) is 23.8 Å². The normalized spacial score (nSPS) is 20.9. The number of likely N-dealkylation sites (tertiary alicyclic amines) is 1. The van der Waals surface area contributed by atoms with Gasteiger partial charge in [0, 0.05) is 24.6 Å². The lowest BCUT2D eigenvalue weighted by atomic mass is 9.91. The molecule has 162 valence electrons. The van der Waals surface area contributed by atoms with Crippen LogP contribution in [0.3, 0.4) is 0 Å². The van der Waals surface area contributed by atoms with E-state index < -0.39 is 47.9 Å². The molecule has 1 saturated carbocycles. The molecule has 10 heteroatoms. The van der Waals surface area contributed by atoms with Crippen LogP contribution < -0.4 is 0 Å². The summed E-state index contributed by atoms with van der Waals surface area (Å²) in [6.45, 7) is 0.762. The Morgan fingerprint density at radius 3 is 2.68 bits per heavy atom. The first-order valence-electron chi connectivity index (χ1n) is 10.1. The predicted octanol–water partition coefficient (Wildman–Crippen LogP) is 3.85. The van der Waals surface area contributed by atoms with Crippen molar-refractivity contribution in [1.29, 1.82) is 0 Å². The second-order valence-corrected chi connectivity index (χ2v) is 8.34. The number of carbonyl (C=O) groups excluding carboxylic acids is 1. The van der Waals surface area contributed by atoms with Crippen molar-refractivity contribution in [3.05, 3.63) is 58.7 Å². The Kier molecular flexibility index (Phi) is 4.49. The molecule has 3 aromatic rings. The SMILES string of the molecule is Cc1cc([C@@H]2CN(C(=O)c3ccc(C4CC4)c(F)c3F)CC(F)(F)C2)n2ncnc2n1. The highest BCUT2D eigenvalue weighted by Crippen LogP contribution is 2.42. The summed E-state index contributed by atoms with van der Waals surface area (Å²) in [5.41, 5.74) is 0.714. The standard InChI is InChI=1S/C21H19F4N5O/c1-11-6-16(30-20(28-11)26-10-27-30)13-7-21(24,25)9-29(8-13)19(31)15-5-4-14(12-2-3-12)17(22)18(15)23/h4-6,10,12-13H,2-3,7-9H2,1H3/t13-/m0/s1. The number of rotatable bonds is 3. The number of aryl methyl sites for hydroxylation is 1. The van der Waals surface area contributed by atoms with E-state index in [2.05, 4.69) is 15.1 Å². The molecular formula is C21H19F4N5O. The number of benzene rings is 1. The van der Waals surface area contributed by atoms with Gasteiger partial charge in [-0.15, -0.1) is 0 Å². The molecule has 1 atom stereocenters. The molecule has 0 bridgehead atoms. The van der Waals surface area contributed by atoms with Gasteiger partial charge < -0.3 is 4.90 Å². The van der Waals surface area contributed by atoms with Crippen molar-refractivity contribution in [2.45, 2.75) is 43.9 Å². The first-order chi connectivity index (χ1) is 14.7. The number of carbonyl (C=O) groups is 1. The van der Waals surface area contributed by atoms with Gasteiger partial charge in [0.1, 0.15) is 6.33 Å². The molecule has 1 saturated heterocycles. The van der Waals surface area contributed by atoms with E-state index in [1.807, 2.05) is 0 Å². The summed E-state index contributed by atoms with van der Waals surface area (Å²) in [6.07, 6.45) is 2.30. The molecule has 2 fully saturated rings. The number of hydrogen-bond acceptors (Lipinski definition) is 4. The number of piperidine rings is 1. The van der Waals surface area contributed by atoms with Crippen LogP contribution in [-0.2, 0) is 0 Å². The highest BCUT2D eigenvalue weighted by Gasteiger charge is 2.44. The highest BCUT2D eigenvalue weighted by molar-refractivity contribution is 5.94. The number of fused-ring (bicyclic) bond motifs is 1. The minimum atomic E-state index is -3.20. The number of aromatic nitrogens is 4. The van der Waals surface area contributed by atoms with E-state index in [0.717, 1.165) is 17.7 Å². The number of nitrogens with zero attached hydrogens (tertiary/aromatic N) is 5. The summed E-state index contributed by atoms with van der Waals surface area (Å²) in [6, 6.07) is 4.21. The lowest BCUT2D eigenvalue weighted by Crippen LogP contribution is -2.49. The van der Waals surface area contributed by atoms with Crippen molar-refractivity contribution in [3.8, 4) is 0 Å². The molecule has 0 radical (unpaired) electrons. The quantitative estimate of drug-likeness (QED) is 0.589. The molecule has 2 aliphatic rings. The fourth-order valence-electron chi connectivity index (χ4n) is 4.31. The Morgan fingerprint density at radius 1 is 1.16 bits per heavy atom. The van der Waals surface area contributed by atoms with Crippen molar-refractivity contribution >= 4 is 11.7 Å². The molecule has 6 nitrogen and oxygen atoms in total. The monoisotopic (exact) mass is 433 g/mol. The summed E-state index contributed by atoms with van der Waals surface area (Å²) in [5.74, 6) is -7.05. The van der Waals surface area contributed by atoms with Gasteiger partial charge in [0.25, 0.3) is 17.6 Å². The minimum absolute atomic E-state index is 0.0395. The van der Waals surface area contributed by atoms with Crippen LogP contribution >= 0.6 is 0 Å². The number of amides is 1. The van der Waals surface area contributed by atoms with Crippen molar-refractivity contribution in [2.24, 2.45) is 0 Å². The summed E-state index contributed by atoms with van der Waals surface area (Å²) in [7, 11) is 0. The zero-order valence-corrected chi connectivity index (χ0v) is 16.7. The molecule has 0 spiro atoms. The third-order valence-corrected chi connectivity index (χ3v) is 5.88. The molecule has 1 aromatic carbocycles. The zero-order valence-electron chi connectivity index (χ0n) is 16.7. The highest BCUT2D eigenvalue weighted by atomic mass is 19.3. The third-order valence-electron chi connectivity index (χ3n) is 5.88. The van der Waals surface area contributed by atoms with Gasteiger partial charge in [0.05, 0.1) is 17.8 Å². The Morgan fingerprint density at radius 2 is 1.94 bits per heavy atom. The van der Waals surface area contributed by atoms with Crippen LogP contribution in [0.1, 0.15) is 58.4 Å². The molecule has 3 heterocycles. The molecule has 2 aromatic heterocycles. The van der Waals surface area contributed by atoms with Crippen molar-refractivity contribution in [3.63, 3.8) is 0 Å². The van der Waals surface area contributed by atoms with Crippen molar-refractivity contribution in [1.82, 2.24) is 24.5 Å². The maximum absolute atomic E-state index is 14.6. The predicted molar refractivity (Wildman–Crippen MR) is 102 cm³/mol. The van der Waals surface area contributed by atoms with Crippen LogP contribution in [0.5, 0.6) is 0 Å². The zero-order chi connectivity index (χ0) is 21.9. The number of halogens is 4. The van der Waals surface area contributed by atoms with E-state index in [1.165, 1.54) is 23.0 Å². The van der Waals surface area contributed by atoms with Gasteiger partial charge in [-0.05, 0) is 43.4 Å². The maximum atomic E-state index is 14.6. The van der Waals surface area contributed by atoms with Gasteiger partial charge in [-0.1, -0.05) is 6.07 Å². The summed E-state index contributed by atoms with van der Waals surface area (Å²) < 4.78 is 59.7. The van der Waals surface area contributed by atoms with Gasteiger partial charge in [-0.2, -0.15) is 10.1 Å². The Bertz CT molecular complexity index is 1190. The first kappa shape index (κ1) is 19.9. The van der Waals surface area contributed by atoms with Crippen LogP contribution in [0.15, 0.2) is 24.5 Å². The average Bonchev–Trinajstić information content (AvgIpc) is 3.44. The minimum Gasteiger partial charge on any atom is -0.332 e. The molecular weight excluding hydrogens is 414 g/mol. The van der Waals surface area contributed by atoms with Crippen molar-refractivity contribution in [2.75, 3.05) is 13.1 Å². The summed E-state index contributed by atoms with van der Waals surface area (Å²) in [4.78, 5) is 22.1. The van der Waals surface area contributed by atoms with E-state index in [4.69, 9.17) is 0 Å². The second kappa shape index (κ2) is 7.00. The summed E-state index contributed by atoms with van der Waals surface area (Å²) >= 11 is 0. The number of hydrogen-bond donors (Lipinski definition) is 0. The average molecular weight is 433 g/mol. The Balaban J connectivity index is 1.49. The third kappa shape index (κ3) is 3.53. The van der Waals surface area contributed by atoms with E-state index >= 15 is 0 Å². The fraction of sp³-hybridized carbons (Fsp3) is 0.429. The van der Waals surface area contributed by atoms with Crippen LogP contribution in [0, 0.1) is 18.6 Å². The fourth-order valence-corrected chi connectivity index (χ4v) is 4.31. The maximum Gasteiger partial charge on any atom is 0.266 e. The van der Waals surface area contributed by atoms with Gasteiger partial charge in [-0.25, -0.2) is 27.1 Å². The molecule has 1 aliphatic carbocycles. The Labute approximate surface area is 174 Å². The smallest absolute Gasteiger partial charge is 0.266 e. The van der Waals surface area contributed by atoms with E-state index in [0.29, 0.717) is 11.4 Å². The van der Waals surface area contributed by atoms with E-state index in [1.54, 1.807) is 13.0 Å². The van der Waals surface area contributed by atoms with Crippen LogP contribution in [0.4, 0.5) is 17.6 Å². The molecule has 31 heavy (non-hydrogen) atoms. The molecule has 0 unspecified atom stereocenters. The number of alkyl halides is 2. The van der Waals surface area contributed by atoms with E-state index in [9.17, 15) is 22.4 Å². The first-order valence-corrected chi connectivity index (χ1v) is 10.1. The van der Waals surface area contributed by atoms with Gasteiger partial charge in [-0.3, -0.25) is 4.79 Å². The lowest BCUT2D eigenvalue weighted by Gasteiger charge is -2.37. The topological polar surface area (TPSA) is 63.4 Å². The largest absolute Gasteiger partial charge is 0.332 e. The molecule has 1 aliphatic heterocycles. The van der Waals surface area contributed by atoms with Crippen LogP contribution in [0.2, 0.25) is 0 Å². The van der Waals surface area contributed by atoms with Crippen LogP contribution in [-0.4, -0.2) is 49.4 Å². The lowest BCUT2D eigenvalue weighted by molar-refractivity contribution is -0.0642. The molecule has 1 amide bonds. The molecule has 5 rings (SSSR count).